The Kier molecular flexibility index (Phi) is 21.9. The minimum absolute atomic E-state index is 0. The average molecular weight is 651 g/mol. The number of carboxylic acid groups (broad SMARTS) is 3. The molecule has 0 aliphatic heterocycles. The molecule has 1 aromatic heterocycles. The summed E-state index contributed by atoms with van der Waals surface area (Å²) in [4.78, 5) is 62.2. The maximum absolute atomic E-state index is 9.83. The molecule has 2 rings (SSSR count). The molecule has 0 saturated heterocycles. The second-order valence-corrected chi connectivity index (χ2v) is 6.33. The average Bonchev–Trinajstić information content (AvgIpc) is 2.67. The van der Waals surface area contributed by atoms with E-state index in [1.54, 1.807) is 0 Å². The molecule has 0 aliphatic carbocycles. The molecule has 1 aromatic carbocycles. The Morgan fingerprint density at radius 2 is 0.971 bits per heavy atom. The van der Waals surface area contributed by atoms with Crippen molar-refractivity contribution in [3.63, 3.8) is 0 Å². The van der Waals surface area contributed by atoms with Crippen LogP contribution in [0.3, 0.4) is 0 Å². The zero-order chi connectivity index (χ0) is 25.8. The van der Waals surface area contributed by atoms with Gasteiger partial charge < -0.3 is 29.7 Å². The number of Topliss-reactive ketones (excluding diaryl/α,β-unsaturated/α-hetero) is 3. The van der Waals surface area contributed by atoms with Crippen LogP contribution >= 0.6 is 0 Å². The SMILES string of the molecule is CC(=O)CC(=O)[O-].CC(=O)CC(=O)[O-].CC(=O)CC(=O)[O-].[Ir+3].c1ccc(-c2ccccn2)cc1. The zero-order valence-electron chi connectivity index (χ0n) is 18.8. The molecule has 0 fully saturated rings. The number of benzene rings is 1. The summed E-state index contributed by atoms with van der Waals surface area (Å²) < 4.78 is 0. The molecule has 11 heteroatoms. The monoisotopic (exact) mass is 651 g/mol. The van der Waals surface area contributed by atoms with Crippen molar-refractivity contribution in [2.24, 2.45) is 0 Å². The number of pyridine rings is 1. The van der Waals surface area contributed by atoms with Crippen molar-refractivity contribution in [1.29, 1.82) is 0 Å². The number of carbonyl (C=O) groups excluding carboxylic acids is 6. The van der Waals surface area contributed by atoms with E-state index in [-0.39, 0.29) is 37.5 Å². The van der Waals surface area contributed by atoms with Crippen LogP contribution in [0.5, 0.6) is 0 Å². The molecule has 184 valence electrons. The maximum Gasteiger partial charge on any atom is 3.00 e. The number of nitrogens with zero attached hydrogens (tertiary/aromatic N) is 1. The normalized spacial score (nSPS) is 8.44. The number of aromatic nitrogens is 1. The zero-order valence-corrected chi connectivity index (χ0v) is 21.2. The Labute approximate surface area is 210 Å². The van der Waals surface area contributed by atoms with Crippen molar-refractivity contribution < 1.29 is 64.2 Å². The van der Waals surface area contributed by atoms with E-state index in [0.29, 0.717) is 0 Å². The summed E-state index contributed by atoms with van der Waals surface area (Å²) in [6.45, 7) is 3.61. The third kappa shape index (κ3) is 26.5. The topological polar surface area (TPSA) is 184 Å². The van der Waals surface area contributed by atoms with E-state index in [9.17, 15) is 44.1 Å². The van der Waals surface area contributed by atoms with Crippen LogP contribution in [0.2, 0.25) is 0 Å². The van der Waals surface area contributed by atoms with Crippen molar-refractivity contribution in [3.05, 3.63) is 54.7 Å². The van der Waals surface area contributed by atoms with E-state index < -0.39 is 37.2 Å². The second-order valence-electron chi connectivity index (χ2n) is 6.33. The van der Waals surface area contributed by atoms with E-state index >= 15 is 0 Å². The van der Waals surface area contributed by atoms with Gasteiger partial charge in [-0.3, -0.25) is 19.4 Å². The first kappa shape index (κ1) is 35.0. The van der Waals surface area contributed by atoms with Crippen molar-refractivity contribution >= 4 is 35.3 Å². The molecule has 2 aromatic rings. The van der Waals surface area contributed by atoms with Gasteiger partial charge in [-0.2, -0.15) is 0 Å². The molecule has 10 nitrogen and oxygen atoms in total. The summed E-state index contributed by atoms with van der Waals surface area (Å²) >= 11 is 0. The van der Waals surface area contributed by atoms with Gasteiger partial charge in [0.05, 0.1) is 5.69 Å². The smallest absolute Gasteiger partial charge is 0.550 e. The Morgan fingerprint density at radius 3 is 1.21 bits per heavy atom. The molecule has 0 aliphatic rings. The fraction of sp³-hybridized carbons (Fsp3) is 0.261. The van der Waals surface area contributed by atoms with Gasteiger partial charge in [0.15, 0.2) is 0 Å². The predicted molar refractivity (Wildman–Crippen MR) is 111 cm³/mol. The van der Waals surface area contributed by atoms with Gasteiger partial charge in [0.1, 0.15) is 17.3 Å². The van der Waals surface area contributed by atoms with Crippen LogP contribution in [0.4, 0.5) is 0 Å². The fourth-order valence-corrected chi connectivity index (χ4v) is 1.75. The molecular weight excluding hydrogens is 626 g/mol. The molecule has 0 bridgehead atoms. The van der Waals surface area contributed by atoms with Crippen molar-refractivity contribution in [2.45, 2.75) is 40.0 Å². The van der Waals surface area contributed by atoms with Gasteiger partial charge in [-0.1, -0.05) is 36.4 Å². The van der Waals surface area contributed by atoms with Gasteiger partial charge >= 0.3 is 20.1 Å². The first-order chi connectivity index (χ1) is 15.3. The standard InChI is InChI=1S/C11H9N.3C4H6O3.Ir/c1-2-6-10(7-3-1)11-8-4-5-9-12-11;3*1-3(5)2-4(6)7;/h1-9H;3*2H2,1H3,(H,6,7);/q;;;;+3/p-3. The molecule has 0 saturated carbocycles. The largest absolute Gasteiger partial charge is 3.00 e. The van der Waals surface area contributed by atoms with E-state index in [1.807, 2.05) is 42.6 Å². The molecule has 0 N–H and O–H groups in total. The van der Waals surface area contributed by atoms with E-state index in [4.69, 9.17) is 0 Å². The molecular formula is C23H24IrNO9. The number of hydrogen-bond acceptors (Lipinski definition) is 10. The number of hydrogen-bond donors (Lipinski definition) is 0. The number of rotatable bonds is 7. The number of carboxylic acids is 3. The molecule has 0 amide bonds. The molecule has 34 heavy (non-hydrogen) atoms. The number of aliphatic carboxylic acids is 3. The van der Waals surface area contributed by atoms with Gasteiger partial charge in [0, 0.05) is 48.9 Å². The van der Waals surface area contributed by atoms with Crippen molar-refractivity contribution in [2.75, 3.05) is 0 Å². The van der Waals surface area contributed by atoms with Crippen LogP contribution in [0.15, 0.2) is 54.7 Å². The Balaban J connectivity index is -0.000000390. The quantitative estimate of drug-likeness (QED) is 0.333. The Bertz CT molecular complexity index is 781. The van der Waals surface area contributed by atoms with Crippen molar-refractivity contribution in [3.8, 4) is 11.3 Å². The summed E-state index contributed by atoms with van der Waals surface area (Å²) in [6, 6.07) is 16.1. The van der Waals surface area contributed by atoms with Crippen LogP contribution in [-0.4, -0.2) is 40.2 Å². The van der Waals surface area contributed by atoms with Crippen LogP contribution in [-0.2, 0) is 48.9 Å². The minimum Gasteiger partial charge on any atom is -0.550 e. The minimum atomic E-state index is -1.31. The van der Waals surface area contributed by atoms with Gasteiger partial charge in [-0.15, -0.1) is 0 Å². The summed E-state index contributed by atoms with van der Waals surface area (Å²) in [5.74, 6) is -5.06. The third-order valence-corrected chi connectivity index (χ3v) is 2.91. The van der Waals surface area contributed by atoms with Gasteiger partial charge in [0.25, 0.3) is 0 Å². The molecule has 0 spiro atoms. The number of carbonyl (C=O) groups is 6. The molecule has 0 radical (unpaired) electrons. The van der Waals surface area contributed by atoms with E-state index in [2.05, 4.69) is 17.1 Å². The molecule has 0 atom stereocenters. The summed E-state index contributed by atoms with van der Waals surface area (Å²) in [5.41, 5.74) is 2.19. The van der Waals surface area contributed by atoms with Gasteiger partial charge in [-0.25, -0.2) is 0 Å². The Hall–Kier alpha value is -3.56. The molecule has 1 heterocycles. The van der Waals surface area contributed by atoms with Crippen LogP contribution in [0, 0.1) is 0 Å². The second kappa shape index (κ2) is 21.3. The summed E-state index contributed by atoms with van der Waals surface area (Å²) in [5, 5.41) is 28.4. The Morgan fingerprint density at radius 1 is 0.618 bits per heavy atom. The molecule has 0 unspecified atom stereocenters. The fourth-order valence-electron chi connectivity index (χ4n) is 1.75. The first-order valence-corrected chi connectivity index (χ1v) is 9.39. The van der Waals surface area contributed by atoms with Crippen molar-refractivity contribution in [1.82, 2.24) is 4.98 Å². The third-order valence-electron chi connectivity index (χ3n) is 2.91. The van der Waals surface area contributed by atoms with Gasteiger partial charge in [-0.05, 0) is 32.9 Å². The summed E-state index contributed by atoms with van der Waals surface area (Å²) in [7, 11) is 0. The van der Waals surface area contributed by atoms with Crippen LogP contribution < -0.4 is 15.3 Å². The van der Waals surface area contributed by atoms with Crippen LogP contribution in [0.1, 0.15) is 40.0 Å². The number of ketones is 3. The predicted octanol–water partition coefficient (Wildman–Crippen LogP) is -1.11. The van der Waals surface area contributed by atoms with Gasteiger partial charge in [0.2, 0.25) is 0 Å². The van der Waals surface area contributed by atoms with Crippen LogP contribution in [0.25, 0.3) is 11.3 Å². The first-order valence-electron chi connectivity index (χ1n) is 9.39. The maximum atomic E-state index is 9.83. The van der Waals surface area contributed by atoms with E-state index in [1.165, 1.54) is 20.8 Å². The van der Waals surface area contributed by atoms with E-state index in [0.717, 1.165) is 11.3 Å². The summed E-state index contributed by atoms with van der Waals surface area (Å²) in [6.07, 6.45) is 0.391.